The zero-order chi connectivity index (χ0) is 15.9. The van der Waals surface area contributed by atoms with E-state index in [0.29, 0.717) is 5.75 Å². The van der Waals surface area contributed by atoms with Crippen LogP contribution in [-0.4, -0.2) is 72.8 Å². The fraction of sp³-hybridized carbons (Fsp3) is 0.923. The second-order valence-corrected chi connectivity index (χ2v) is 8.84. The topological polar surface area (TPSA) is 70.1 Å². The maximum Gasteiger partial charge on any atom is 0.582 e. The summed E-state index contributed by atoms with van der Waals surface area (Å²) in [4.78, 5) is 25.4. The van der Waals surface area contributed by atoms with Gasteiger partial charge in [-0.2, -0.15) is 4.89 Å². The van der Waals surface area contributed by atoms with Crippen molar-refractivity contribution in [1.82, 2.24) is 9.80 Å². The molecule has 1 fully saturated rings. The van der Waals surface area contributed by atoms with Crippen LogP contribution in [0.15, 0.2) is 0 Å². The van der Waals surface area contributed by atoms with E-state index in [1.54, 1.807) is 0 Å². The zero-order valence-corrected chi connectivity index (χ0v) is 14.8. The van der Waals surface area contributed by atoms with E-state index >= 15 is 0 Å². The fourth-order valence-electron chi connectivity index (χ4n) is 2.06. The number of hydrogen-bond donors (Lipinski definition) is 1. The van der Waals surface area contributed by atoms with Gasteiger partial charge in [0.1, 0.15) is 6.61 Å². The summed E-state index contributed by atoms with van der Waals surface area (Å²) in [5.41, 5.74) is -0.518. The summed E-state index contributed by atoms with van der Waals surface area (Å²) in [6.45, 7) is 9.10. The second kappa shape index (κ2) is 9.06. The van der Waals surface area contributed by atoms with Gasteiger partial charge in [-0.3, -0.25) is 4.79 Å². The van der Waals surface area contributed by atoms with Crippen molar-refractivity contribution in [2.45, 2.75) is 20.3 Å². The monoisotopic (exact) mass is 337 g/mol. The average Bonchev–Trinajstić information content (AvgIpc) is 2.42. The van der Waals surface area contributed by atoms with Crippen molar-refractivity contribution in [3.05, 3.63) is 0 Å². The summed E-state index contributed by atoms with van der Waals surface area (Å²) in [6, 6.07) is 0. The highest BCUT2D eigenvalue weighted by molar-refractivity contribution is 8.50. The molecule has 0 spiro atoms. The van der Waals surface area contributed by atoms with Gasteiger partial charge < -0.3 is 14.5 Å². The van der Waals surface area contributed by atoms with Gasteiger partial charge in [0.2, 0.25) is 0 Å². The van der Waals surface area contributed by atoms with Crippen molar-refractivity contribution in [1.29, 1.82) is 0 Å². The van der Waals surface area contributed by atoms with E-state index in [1.807, 2.05) is 13.8 Å². The van der Waals surface area contributed by atoms with Gasteiger partial charge in [0.15, 0.2) is 11.4 Å². The molecule has 21 heavy (non-hydrogen) atoms. The molecule has 1 saturated heterocycles. The maximum atomic E-state index is 12.0. The Morgan fingerprint density at radius 1 is 1.33 bits per heavy atom. The molecule has 0 aromatic heterocycles. The van der Waals surface area contributed by atoms with E-state index in [4.69, 9.17) is 9.63 Å². The molecule has 1 aliphatic rings. The van der Waals surface area contributed by atoms with Crippen LogP contribution in [0, 0.1) is 5.41 Å². The molecule has 0 saturated carbocycles. The lowest BCUT2D eigenvalue weighted by atomic mass is 9.89. The minimum atomic E-state index is -2.21. The number of ether oxygens (including phenoxy) is 1. The Kier molecular flexibility index (Phi) is 8.13. The first-order valence-electron chi connectivity index (χ1n) is 7.18. The smallest absolute Gasteiger partial charge is 0.464 e. The lowest BCUT2D eigenvalue weighted by Gasteiger charge is -2.34. The van der Waals surface area contributed by atoms with E-state index in [0.717, 1.165) is 50.5 Å². The van der Waals surface area contributed by atoms with Gasteiger partial charge in [0.05, 0.1) is 11.2 Å². The van der Waals surface area contributed by atoms with Crippen molar-refractivity contribution >= 4 is 24.6 Å². The first kappa shape index (κ1) is 18.8. The highest BCUT2D eigenvalue weighted by Crippen LogP contribution is 2.32. The van der Waals surface area contributed by atoms with Gasteiger partial charge >= 0.3 is 13.2 Å². The molecular formula is C13H26N2O4PS+. The molecule has 0 aromatic carbocycles. The Bertz CT molecular complexity index is 360. The molecule has 0 radical (unpaired) electrons. The van der Waals surface area contributed by atoms with Crippen LogP contribution in [0.5, 0.6) is 0 Å². The summed E-state index contributed by atoms with van der Waals surface area (Å²) in [7, 11) is -0.0921. The molecule has 0 bridgehead atoms. The SMILES string of the molecule is CN1CCN(CCC(C)(C)C(=O)OCCS[P+](=O)O)CC1. The first-order chi connectivity index (χ1) is 9.81. The van der Waals surface area contributed by atoms with Gasteiger partial charge in [-0.25, -0.2) is 0 Å². The summed E-state index contributed by atoms with van der Waals surface area (Å²) in [5, 5.41) is 0. The number of carbonyl (C=O) groups is 1. The van der Waals surface area contributed by atoms with E-state index < -0.39 is 12.6 Å². The fourth-order valence-corrected chi connectivity index (χ4v) is 3.06. The molecule has 1 N–H and O–H groups in total. The van der Waals surface area contributed by atoms with Gasteiger partial charge in [-0.1, -0.05) is 0 Å². The van der Waals surface area contributed by atoms with Crippen LogP contribution < -0.4 is 0 Å². The first-order valence-corrected chi connectivity index (χ1v) is 9.99. The van der Waals surface area contributed by atoms with E-state index in [2.05, 4.69) is 16.8 Å². The highest BCUT2D eigenvalue weighted by atomic mass is 32.7. The van der Waals surface area contributed by atoms with E-state index in [9.17, 15) is 9.36 Å². The maximum absolute atomic E-state index is 12.0. The van der Waals surface area contributed by atoms with Crippen molar-refractivity contribution in [2.75, 3.05) is 52.1 Å². The third-order valence-electron chi connectivity index (χ3n) is 3.72. The number of esters is 1. The second-order valence-electron chi connectivity index (χ2n) is 5.99. The number of piperazine rings is 1. The number of hydrogen-bond acceptors (Lipinski definition) is 6. The molecule has 0 amide bonds. The highest BCUT2D eigenvalue weighted by Gasteiger charge is 2.30. The van der Waals surface area contributed by atoms with Gasteiger partial charge in [0, 0.05) is 26.2 Å². The molecule has 6 nitrogen and oxygen atoms in total. The molecule has 1 heterocycles. The zero-order valence-electron chi connectivity index (χ0n) is 13.1. The van der Waals surface area contributed by atoms with E-state index in [-0.39, 0.29) is 12.6 Å². The molecule has 122 valence electrons. The van der Waals surface area contributed by atoms with Crippen molar-refractivity contribution < 1.29 is 19.0 Å². The molecule has 0 aromatic rings. The van der Waals surface area contributed by atoms with Crippen LogP contribution in [0.2, 0.25) is 0 Å². The average molecular weight is 337 g/mol. The van der Waals surface area contributed by atoms with Crippen molar-refractivity contribution in [3.63, 3.8) is 0 Å². The van der Waals surface area contributed by atoms with E-state index in [1.165, 1.54) is 0 Å². The molecule has 8 heteroatoms. The summed E-state index contributed by atoms with van der Waals surface area (Å²) >= 11 is 0.895. The minimum absolute atomic E-state index is 0.184. The predicted molar refractivity (Wildman–Crippen MR) is 85.6 cm³/mol. The standard InChI is InChI=1S/C13H25N2O4PS/c1-13(2,12(16)19-10-11-21-20(17)18)4-5-15-8-6-14(3)7-9-15/h4-11H2,1-3H3/p+1. The normalized spacial score (nSPS) is 18.6. The van der Waals surface area contributed by atoms with Crippen LogP contribution >= 0.6 is 18.6 Å². The molecular weight excluding hydrogens is 311 g/mol. The summed E-state index contributed by atoms with van der Waals surface area (Å²) < 4.78 is 15.7. The van der Waals surface area contributed by atoms with Crippen LogP contribution in [0.1, 0.15) is 20.3 Å². The molecule has 1 aliphatic heterocycles. The Morgan fingerprint density at radius 2 is 1.95 bits per heavy atom. The largest absolute Gasteiger partial charge is 0.582 e. The van der Waals surface area contributed by atoms with Gasteiger partial charge in [-0.15, -0.1) is 0 Å². The van der Waals surface area contributed by atoms with Gasteiger partial charge in [0.25, 0.3) is 0 Å². The number of carbonyl (C=O) groups excluding carboxylic acids is 1. The van der Waals surface area contributed by atoms with Crippen molar-refractivity contribution in [2.24, 2.45) is 5.41 Å². The Morgan fingerprint density at radius 3 is 2.52 bits per heavy atom. The van der Waals surface area contributed by atoms with Gasteiger partial charge in [-0.05, 0) is 38.4 Å². The van der Waals surface area contributed by atoms with Crippen LogP contribution in [0.3, 0.4) is 0 Å². The Hall–Kier alpha value is -0.200. The predicted octanol–water partition coefficient (Wildman–Crippen LogP) is 1.58. The quantitative estimate of drug-likeness (QED) is 0.410. The van der Waals surface area contributed by atoms with Crippen LogP contribution in [-0.2, 0) is 14.1 Å². The minimum Gasteiger partial charge on any atom is -0.464 e. The van der Waals surface area contributed by atoms with Crippen LogP contribution in [0.4, 0.5) is 0 Å². The Balaban J connectivity index is 2.24. The number of rotatable bonds is 8. The summed E-state index contributed by atoms with van der Waals surface area (Å²) in [5.74, 6) is 0.122. The summed E-state index contributed by atoms with van der Waals surface area (Å²) in [6.07, 6.45) is 0.761. The third kappa shape index (κ3) is 7.56. The Labute approximate surface area is 131 Å². The molecule has 1 unspecified atom stereocenters. The molecule has 1 atom stereocenters. The number of likely N-dealkylation sites (N-methyl/N-ethyl adjacent to an activating group) is 1. The molecule has 0 aliphatic carbocycles. The lowest BCUT2D eigenvalue weighted by Crippen LogP contribution is -2.45. The van der Waals surface area contributed by atoms with Crippen molar-refractivity contribution in [3.8, 4) is 0 Å². The number of nitrogens with zero attached hydrogens (tertiary/aromatic N) is 2. The third-order valence-corrected chi connectivity index (χ3v) is 5.50. The van der Waals surface area contributed by atoms with Crippen LogP contribution in [0.25, 0.3) is 0 Å². The molecule has 1 rings (SSSR count). The lowest BCUT2D eigenvalue weighted by molar-refractivity contribution is -0.153.